The molecule has 0 spiro atoms. The molecule has 1 N–H and O–H groups in total. The summed E-state index contributed by atoms with van der Waals surface area (Å²) < 4.78 is 14.1. The summed E-state index contributed by atoms with van der Waals surface area (Å²) in [5.74, 6) is 0.0638. The van der Waals surface area contributed by atoms with Gasteiger partial charge in [-0.1, -0.05) is 23.5 Å². The Labute approximate surface area is 143 Å². The fraction of sp³-hybridized carbons (Fsp3) is 0.278. The van der Waals surface area contributed by atoms with Crippen molar-refractivity contribution in [1.29, 1.82) is 0 Å². The van der Waals surface area contributed by atoms with Crippen LogP contribution in [-0.2, 0) is 6.54 Å². The standard InChI is InChI=1S/C18H18FN3OS/c19-14-3-1-13(2-4-14)12-21-7-9-22(10-8-21)18-20-16-11-15(23)5-6-17(16)24-18/h1-6,11,23H,7-10,12H2. The van der Waals surface area contributed by atoms with E-state index in [0.29, 0.717) is 0 Å². The first-order valence-corrected chi connectivity index (χ1v) is 8.80. The number of halogens is 1. The van der Waals surface area contributed by atoms with Crippen molar-refractivity contribution in [1.82, 2.24) is 9.88 Å². The minimum atomic E-state index is -0.189. The van der Waals surface area contributed by atoms with Crippen molar-refractivity contribution in [3.63, 3.8) is 0 Å². The van der Waals surface area contributed by atoms with Crippen LogP contribution in [0.15, 0.2) is 42.5 Å². The van der Waals surface area contributed by atoms with Crippen LogP contribution in [0.3, 0.4) is 0 Å². The molecule has 0 saturated carbocycles. The molecule has 0 amide bonds. The zero-order valence-corrected chi connectivity index (χ0v) is 14.0. The number of aromatic nitrogens is 1. The van der Waals surface area contributed by atoms with Crippen LogP contribution in [-0.4, -0.2) is 41.2 Å². The van der Waals surface area contributed by atoms with Crippen LogP contribution < -0.4 is 4.90 Å². The largest absolute Gasteiger partial charge is 0.508 e. The molecular weight excluding hydrogens is 325 g/mol. The van der Waals surface area contributed by atoms with E-state index in [4.69, 9.17) is 0 Å². The summed E-state index contributed by atoms with van der Waals surface area (Å²) in [5, 5.41) is 10.6. The van der Waals surface area contributed by atoms with Gasteiger partial charge in [-0.15, -0.1) is 0 Å². The minimum Gasteiger partial charge on any atom is -0.508 e. The molecule has 2 aromatic carbocycles. The Balaban J connectivity index is 1.40. The first kappa shape index (κ1) is 15.4. The average molecular weight is 343 g/mol. The smallest absolute Gasteiger partial charge is 0.186 e. The molecule has 1 saturated heterocycles. The summed E-state index contributed by atoms with van der Waals surface area (Å²) in [7, 11) is 0. The Morgan fingerprint density at radius 2 is 1.79 bits per heavy atom. The van der Waals surface area contributed by atoms with Crippen LogP contribution in [0.25, 0.3) is 10.2 Å². The molecule has 0 radical (unpaired) electrons. The quantitative estimate of drug-likeness (QED) is 0.790. The number of nitrogens with zero attached hydrogens (tertiary/aromatic N) is 3. The second kappa shape index (κ2) is 6.37. The Kier molecular flexibility index (Phi) is 4.08. The number of anilines is 1. The summed E-state index contributed by atoms with van der Waals surface area (Å²) in [5.41, 5.74) is 1.99. The van der Waals surface area contributed by atoms with Gasteiger partial charge in [-0.05, 0) is 29.8 Å². The van der Waals surface area contributed by atoms with Gasteiger partial charge in [-0.2, -0.15) is 0 Å². The number of benzene rings is 2. The van der Waals surface area contributed by atoms with Crippen molar-refractivity contribution in [3.05, 3.63) is 53.8 Å². The van der Waals surface area contributed by atoms with Crippen LogP contribution >= 0.6 is 11.3 Å². The van der Waals surface area contributed by atoms with Gasteiger partial charge in [-0.25, -0.2) is 9.37 Å². The maximum Gasteiger partial charge on any atom is 0.186 e. The van der Waals surface area contributed by atoms with Crippen LogP contribution in [0.4, 0.5) is 9.52 Å². The predicted octanol–water partition coefficient (Wildman–Crippen LogP) is 3.46. The number of hydrogen-bond donors (Lipinski definition) is 1. The summed E-state index contributed by atoms with van der Waals surface area (Å²) >= 11 is 1.66. The third-order valence-electron chi connectivity index (χ3n) is 4.32. The van der Waals surface area contributed by atoms with Gasteiger partial charge in [0.15, 0.2) is 5.13 Å². The molecule has 1 aromatic heterocycles. The maximum absolute atomic E-state index is 13.0. The molecule has 6 heteroatoms. The van der Waals surface area contributed by atoms with Gasteiger partial charge < -0.3 is 10.0 Å². The highest BCUT2D eigenvalue weighted by Gasteiger charge is 2.20. The maximum atomic E-state index is 13.0. The second-order valence-electron chi connectivity index (χ2n) is 6.04. The van der Waals surface area contributed by atoms with E-state index in [1.54, 1.807) is 23.5 Å². The van der Waals surface area contributed by atoms with E-state index in [-0.39, 0.29) is 11.6 Å². The zero-order chi connectivity index (χ0) is 16.5. The van der Waals surface area contributed by atoms with Crippen molar-refractivity contribution in [2.45, 2.75) is 6.54 Å². The number of phenolic OH excluding ortho intramolecular Hbond substituents is 1. The van der Waals surface area contributed by atoms with Crippen LogP contribution in [0.2, 0.25) is 0 Å². The molecule has 124 valence electrons. The SMILES string of the molecule is Oc1ccc2sc(N3CCN(Cc4ccc(F)cc4)CC3)nc2c1. The van der Waals surface area contributed by atoms with Gasteiger partial charge in [0.05, 0.1) is 10.2 Å². The van der Waals surface area contributed by atoms with Gasteiger partial charge in [-0.3, -0.25) is 4.90 Å². The molecule has 4 rings (SSSR count). The van der Waals surface area contributed by atoms with E-state index in [1.807, 2.05) is 18.2 Å². The summed E-state index contributed by atoms with van der Waals surface area (Å²) in [6.07, 6.45) is 0. The normalized spacial score (nSPS) is 16.0. The highest BCUT2D eigenvalue weighted by atomic mass is 32.1. The number of hydrogen-bond acceptors (Lipinski definition) is 5. The first-order chi connectivity index (χ1) is 11.7. The Hall–Kier alpha value is -2.18. The van der Waals surface area contributed by atoms with Crippen molar-refractivity contribution in [3.8, 4) is 5.75 Å². The van der Waals surface area contributed by atoms with E-state index in [0.717, 1.165) is 53.6 Å². The third kappa shape index (κ3) is 3.20. The summed E-state index contributed by atoms with van der Waals surface area (Å²) in [4.78, 5) is 9.31. The molecular formula is C18H18FN3OS. The van der Waals surface area contributed by atoms with Crippen LogP contribution in [0, 0.1) is 5.82 Å². The molecule has 3 aromatic rings. The highest BCUT2D eigenvalue weighted by molar-refractivity contribution is 7.22. The topological polar surface area (TPSA) is 39.6 Å². The monoisotopic (exact) mass is 343 g/mol. The Morgan fingerprint density at radius 1 is 1.04 bits per heavy atom. The van der Waals surface area contributed by atoms with Crippen molar-refractivity contribution >= 4 is 26.7 Å². The van der Waals surface area contributed by atoms with E-state index in [2.05, 4.69) is 14.8 Å². The molecule has 0 bridgehead atoms. The number of aromatic hydroxyl groups is 1. The van der Waals surface area contributed by atoms with Gasteiger partial charge in [0.1, 0.15) is 11.6 Å². The third-order valence-corrected chi connectivity index (χ3v) is 5.42. The lowest BCUT2D eigenvalue weighted by Crippen LogP contribution is -2.45. The minimum absolute atomic E-state index is 0.189. The molecule has 0 atom stereocenters. The zero-order valence-electron chi connectivity index (χ0n) is 13.2. The Morgan fingerprint density at radius 3 is 2.54 bits per heavy atom. The molecule has 1 aliphatic heterocycles. The molecule has 2 heterocycles. The molecule has 0 aliphatic carbocycles. The highest BCUT2D eigenvalue weighted by Crippen LogP contribution is 2.31. The Bertz CT molecular complexity index is 841. The molecule has 0 unspecified atom stereocenters. The molecule has 24 heavy (non-hydrogen) atoms. The average Bonchev–Trinajstić information content (AvgIpc) is 3.01. The lowest BCUT2D eigenvalue weighted by molar-refractivity contribution is 0.250. The van der Waals surface area contributed by atoms with E-state index < -0.39 is 0 Å². The number of phenols is 1. The number of thiazole rings is 1. The van der Waals surface area contributed by atoms with Gasteiger partial charge in [0.25, 0.3) is 0 Å². The summed E-state index contributed by atoms with van der Waals surface area (Å²) in [6.45, 7) is 4.61. The van der Waals surface area contributed by atoms with Gasteiger partial charge in [0, 0.05) is 38.8 Å². The van der Waals surface area contributed by atoms with Crippen LogP contribution in [0.1, 0.15) is 5.56 Å². The first-order valence-electron chi connectivity index (χ1n) is 7.99. The summed E-state index contributed by atoms with van der Waals surface area (Å²) in [6, 6.07) is 12.1. The van der Waals surface area contributed by atoms with E-state index in [9.17, 15) is 9.50 Å². The fourth-order valence-electron chi connectivity index (χ4n) is 2.98. The number of rotatable bonds is 3. The van der Waals surface area contributed by atoms with Gasteiger partial charge in [0.2, 0.25) is 0 Å². The second-order valence-corrected chi connectivity index (χ2v) is 7.05. The lowest BCUT2D eigenvalue weighted by atomic mass is 10.2. The molecule has 1 aliphatic rings. The molecule has 1 fully saturated rings. The number of piperazine rings is 1. The lowest BCUT2D eigenvalue weighted by Gasteiger charge is -2.34. The van der Waals surface area contributed by atoms with E-state index in [1.165, 1.54) is 12.1 Å². The predicted molar refractivity (Wildman–Crippen MR) is 95.2 cm³/mol. The van der Waals surface area contributed by atoms with E-state index >= 15 is 0 Å². The van der Waals surface area contributed by atoms with Gasteiger partial charge >= 0.3 is 0 Å². The van der Waals surface area contributed by atoms with Crippen LogP contribution in [0.5, 0.6) is 5.75 Å². The molecule has 4 nitrogen and oxygen atoms in total. The van der Waals surface area contributed by atoms with Crippen molar-refractivity contribution in [2.75, 3.05) is 31.1 Å². The van der Waals surface area contributed by atoms with Crippen molar-refractivity contribution in [2.24, 2.45) is 0 Å². The number of fused-ring (bicyclic) bond motifs is 1. The fourth-order valence-corrected chi connectivity index (χ4v) is 3.98. The van der Waals surface area contributed by atoms with Crippen molar-refractivity contribution < 1.29 is 9.50 Å².